The van der Waals surface area contributed by atoms with E-state index in [2.05, 4.69) is 37.4 Å². The lowest BCUT2D eigenvalue weighted by molar-refractivity contribution is 0.0543. The number of halogens is 1. The van der Waals surface area contributed by atoms with Crippen LogP contribution in [0.5, 0.6) is 0 Å². The Hall–Kier alpha value is -1.71. The second-order valence-corrected chi connectivity index (χ2v) is 6.05. The van der Waals surface area contributed by atoms with Gasteiger partial charge in [0.15, 0.2) is 0 Å². The number of benzene rings is 2. The van der Waals surface area contributed by atoms with Crippen LogP contribution in [0.25, 0.3) is 11.1 Å². The van der Waals surface area contributed by atoms with Crippen LogP contribution in [-0.2, 0) is 11.3 Å². The first-order chi connectivity index (χ1) is 10.6. The Morgan fingerprint density at radius 2 is 2.00 bits per heavy atom. The number of aryl methyl sites for hydroxylation is 2. The zero-order valence-electron chi connectivity index (χ0n) is 13.2. The lowest BCUT2D eigenvalue weighted by Gasteiger charge is -2.16. The molecule has 0 aliphatic carbocycles. The number of rotatable bonds is 4. The van der Waals surface area contributed by atoms with Crippen molar-refractivity contribution >= 4 is 0 Å². The summed E-state index contributed by atoms with van der Waals surface area (Å²) in [6.07, 6.45) is 1.25. The molecule has 0 unspecified atom stereocenters. The molecule has 2 nitrogen and oxygen atoms in total. The minimum atomic E-state index is -0.211. The van der Waals surface area contributed by atoms with Crippen LogP contribution in [-0.4, -0.2) is 19.2 Å². The highest BCUT2D eigenvalue weighted by atomic mass is 19.1. The predicted molar refractivity (Wildman–Crippen MR) is 87.4 cm³/mol. The molecule has 116 valence electrons. The first-order valence-corrected chi connectivity index (χ1v) is 7.82. The summed E-state index contributed by atoms with van der Waals surface area (Å²) in [4.78, 5) is 0. The average molecular weight is 299 g/mol. The second-order valence-electron chi connectivity index (χ2n) is 6.05. The Labute approximate surface area is 131 Å². The van der Waals surface area contributed by atoms with Crippen molar-refractivity contribution in [2.45, 2.75) is 33.0 Å². The summed E-state index contributed by atoms with van der Waals surface area (Å²) in [5.74, 6) is -0.211. The van der Waals surface area contributed by atoms with Gasteiger partial charge in [0.05, 0.1) is 12.7 Å². The van der Waals surface area contributed by atoms with Crippen LogP contribution in [0.2, 0.25) is 0 Å². The van der Waals surface area contributed by atoms with Crippen molar-refractivity contribution in [3.63, 3.8) is 0 Å². The van der Waals surface area contributed by atoms with E-state index < -0.39 is 0 Å². The molecule has 1 saturated heterocycles. The molecule has 1 aliphatic rings. The number of hydrogen-bond donors (Lipinski definition) is 1. The Bertz CT molecular complexity index is 662. The quantitative estimate of drug-likeness (QED) is 0.921. The summed E-state index contributed by atoms with van der Waals surface area (Å²) in [6.45, 7) is 6.50. The van der Waals surface area contributed by atoms with Gasteiger partial charge in [-0.3, -0.25) is 0 Å². The van der Waals surface area contributed by atoms with Gasteiger partial charge in [0.25, 0.3) is 0 Å². The third kappa shape index (κ3) is 3.37. The van der Waals surface area contributed by atoms with Gasteiger partial charge in [0.1, 0.15) is 5.82 Å². The van der Waals surface area contributed by atoms with Gasteiger partial charge in [-0.05, 0) is 61.2 Å². The van der Waals surface area contributed by atoms with Crippen LogP contribution >= 0.6 is 0 Å². The van der Waals surface area contributed by atoms with Gasteiger partial charge in [0, 0.05) is 6.54 Å². The van der Waals surface area contributed by atoms with E-state index in [1.165, 1.54) is 17.2 Å². The van der Waals surface area contributed by atoms with Gasteiger partial charge < -0.3 is 10.1 Å². The normalized spacial score (nSPS) is 17.9. The van der Waals surface area contributed by atoms with Crippen molar-refractivity contribution in [2.24, 2.45) is 0 Å². The molecule has 3 heteroatoms. The maximum absolute atomic E-state index is 13.7. The predicted octanol–water partition coefficient (Wildman–Crippen LogP) is 3.99. The molecule has 0 bridgehead atoms. The Morgan fingerprint density at radius 1 is 1.14 bits per heavy atom. The summed E-state index contributed by atoms with van der Waals surface area (Å²) in [6, 6.07) is 11.4. The third-order valence-corrected chi connectivity index (χ3v) is 4.24. The smallest absolute Gasteiger partial charge is 0.123 e. The molecular weight excluding hydrogens is 277 g/mol. The topological polar surface area (TPSA) is 21.3 Å². The molecule has 1 aliphatic heterocycles. The summed E-state index contributed by atoms with van der Waals surface area (Å²) in [5, 5.41) is 3.28. The number of hydrogen-bond acceptors (Lipinski definition) is 2. The SMILES string of the molecule is Cc1ccc(C)c(-c2ccc(F)cc2CO[C@H]2CCNC2)c1. The van der Waals surface area contributed by atoms with Crippen molar-refractivity contribution in [1.29, 1.82) is 0 Å². The minimum absolute atomic E-state index is 0.211. The lowest BCUT2D eigenvalue weighted by Crippen LogP contribution is -2.16. The van der Waals surface area contributed by atoms with E-state index in [-0.39, 0.29) is 11.9 Å². The van der Waals surface area contributed by atoms with Gasteiger partial charge in [-0.2, -0.15) is 0 Å². The standard InChI is InChI=1S/C19H22FNO/c1-13-3-4-14(2)19(9-13)18-6-5-16(20)10-15(18)12-22-17-7-8-21-11-17/h3-6,9-10,17,21H,7-8,11-12H2,1-2H3/t17-/m0/s1. The van der Waals surface area contributed by atoms with E-state index in [1.54, 1.807) is 6.07 Å². The first-order valence-electron chi connectivity index (χ1n) is 7.82. The van der Waals surface area contributed by atoms with E-state index in [4.69, 9.17) is 4.74 Å². The number of ether oxygens (including phenoxy) is 1. The van der Waals surface area contributed by atoms with E-state index in [0.29, 0.717) is 6.61 Å². The fraction of sp³-hybridized carbons (Fsp3) is 0.368. The average Bonchev–Trinajstić information content (AvgIpc) is 3.01. The van der Waals surface area contributed by atoms with Gasteiger partial charge >= 0.3 is 0 Å². The molecule has 0 radical (unpaired) electrons. The molecule has 0 amide bonds. The molecule has 1 heterocycles. The van der Waals surface area contributed by atoms with Crippen LogP contribution in [0.15, 0.2) is 36.4 Å². The molecule has 0 spiro atoms. The van der Waals surface area contributed by atoms with Gasteiger partial charge in [-0.15, -0.1) is 0 Å². The van der Waals surface area contributed by atoms with Crippen molar-refractivity contribution in [3.05, 3.63) is 58.9 Å². The fourth-order valence-corrected chi connectivity index (χ4v) is 2.95. The van der Waals surface area contributed by atoms with Gasteiger partial charge in [-0.1, -0.05) is 29.8 Å². The summed E-state index contributed by atoms with van der Waals surface area (Å²) >= 11 is 0. The molecule has 2 aromatic carbocycles. The lowest BCUT2D eigenvalue weighted by atomic mass is 9.94. The van der Waals surface area contributed by atoms with E-state index in [0.717, 1.165) is 36.2 Å². The Balaban J connectivity index is 1.91. The highest BCUT2D eigenvalue weighted by molar-refractivity contribution is 5.71. The van der Waals surface area contributed by atoms with Gasteiger partial charge in [-0.25, -0.2) is 4.39 Å². The number of nitrogens with one attached hydrogen (secondary N) is 1. The van der Waals surface area contributed by atoms with Crippen molar-refractivity contribution in [1.82, 2.24) is 5.32 Å². The van der Waals surface area contributed by atoms with Crippen molar-refractivity contribution < 1.29 is 9.13 Å². The van der Waals surface area contributed by atoms with Crippen LogP contribution < -0.4 is 5.32 Å². The minimum Gasteiger partial charge on any atom is -0.372 e. The van der Waals surface area contributed by atoms with Gasteiger partial charge in [0.2, 0.25) is 0 Å². The molecule has 0 saturated carbocycles. The van der Waals surface area contributed by atoms with E-state index in [9.17, 15) is 4.39 Å². The second kappa shape index (κ2) is 6.59. The van der Waals surface area contributed by atoms with E-state index in [1.807, 2.05) is 6.07 Å². The van der Waals surface area contributed by atoms with Crippen LogP contribution in [0.3, 0.4) is 0 Å². The van der Waals surface area contributed by atoms with E-state index >= 15 is 0 Å². The molecule has 22 heavy (non-hydrogen) atoms. The third-order valence-electron chi connectivity index (χ3n) is 4.24. The fourth-order valence-electron chi connectivity index (χ4n) is 2.95. The Morgan fingerprint density at radius 3 is 2.77 bits per heavy atom. The maximum Gasteiger partial charge on any atom is 0.123 e. The Kier molecular flexibility index (Phi) is 4.55. The molecular formula is C19H22FNO. The highest BCUT2D eigenvalue weighted by Crippen LogP contribution is 2.29. The maximum atomic E-state index is 13.7. The zero-order valence-corrected chi connectivity index (χ0v) is 13.2. The molecule has 2 aromatic rings. The summed E-state index contributed by atoms with van der Waals surface area (Å²) in [5.41, 5.74) is 5.54. The molecule has 1 atom stereocenters. The monoisotopic (exact) mass is 299 g/mol. The molecule has 1 N–H and O–H groups in total. The van der Waals surface area contributed by atoms with Crippen LogP contribution in [0.4, 0.5) is 4.39 Å². The van der Waals surface area contributed by atoms with Crippen molar-refractivity contribution in [3.8, 4) is 11.1 Å². The van der Waals surface area contributed by atoms with Crippen molar-refractivity contribution in [2.75, 3.05) is 13.1 Å². The first kappa shape index (κ1) is 15.2. The zero-order chi connectivity index (χ0) is 15.5. The van der Waals surface area contributed by atoms with Crippen LogP contribution in [0, 0.1) is 19.7 Å². The summed E-state index contributed by atoms with van der Waals surface area (Å²) < 4.78 is 19.6. The molecule has 0 aromatic heterocycles. The molecule has 1 fully saturated rings. The molecule has 3 rings (SSSR count). The van der Waals surface area contributed by atoms with Crippen LogP contribution in [0.1, 0.15) is 23.1 Å². The largest absolute Gasteiger partial charge is 0.372 e. The highest BCUT2D eigenvalue weighted by Gasteiger charge is 2.16. The summed E-state index contributed by atoms with van der Waals surface area (Å²) in [7, 11) is 0.